The molecule has 0 saturated carbocycles. The van der Waals surface area contributed by atoms with Gasteiger partial charge in [0.15, 0.2) is 0 Å². The third kappa shape index (κ3) is 2.56. The highest BCUT2D eigenvalue weighted by molar-refractivity contribution is 5.84. The lowest BCUT2D eigenvalue weighted by Crippen LogP contribution is -2.52. The summed E-state index contributed by atoms with van der Waals surface area (Å²) in [6.07, 6.45) is 3.42. The van der Waals surface area contributed by atoms with Crippen molar-refractivity contribution < 1.29 is 4.79 Å². The Morgan fingerprint density at radius 2 is 2.25 bits per heavy atom. The van der Waals surface area contributed by atoms with Crippen LogP contribution in [-0.4, -0.2) is 41.5 Å². The first-order valence-electron chi connectivity index (χ1n) is 7.31. The van der Waals surface area contributed by atoms with Crippen LogP contribution in [0.1, 0.15) is 18.9 Å². The maximum absolute atomic E-state index is 12.3. The van der Waals surface area contributed by atoms with Crippen molar-refractivity contribution in [1.82, 2.24) is 15.2 Å². The largest absolute Gasteiger partial charge is 0.361 e. The lowest BCUT2D eigenvalue weighted by molar-refractivity contribution is -0.133. The van der Waals surface area contributed by atoms with Crippen LogP contribution in [0, 0.1) is 0 Å². The van der Waals surface area contributed by atoms with Gasteiger partial charge in [-0.15, -0.1) is 0 Å². The van der Waals surface area contributed by atoms with Crippen molar-refractivity contribution >= 4 is 16.8 Å². The van der Waals surface area contributed by atoms with Gasteiger partial charge in [-0.25, -0.2) is 0 Å². The minimum absolute atomic E-state index is 0.268. The highest BCUT2D eigenvalue weighted by atomic mass is 16.2. The topological polar surface area (TPSA) is 48.1 Å². The Labute approximate surface area is 119 Å². The van der Waals surface area contributed by atoms with Gasteiger partial charge in [-0.3, -0.25) is 4.79 Å². The average Bonchev–Trinajstić information content (AvgIpc) is 2.88. The highest BCUT2D eigenvalue weighted by Gasteiger charge is 2.22. The molecular weight excluding hydrogens is 250 g/mol. The smallest absolute Gasteiger partial charge is 0.223 e. The molecule has 3 rings (SSSR count). The zero-order valence-corrected chi connectivity index (χ0v) is 11.9. The number of nitrogens with zero attached hydrogens (tertiary/aromatic N) is 1. The molecule has 0 spiro atoms. The summed E-state index contributed by atoms with van der Waals surface area (Å²) in [6, 6.07) is 8.55. The third-order valence-electron chi connectivity index (χ3n) is 4.10. The Morgan fingerprint density at radius 1 is 1.40 bits per heavy atom. The molecule has 106 valence electrons. The summed E-state index contributed by atoms with van der Waals surface area (Å²) >= 11 is 0. The fourth-order valence-corrected chi connectivity index (χ4v) is 2.94. The SMILES string of the molecule is C[C@@H]1CNCCN1C(=O)CCc1c[nH]c2ccccc12. The van der Waals surface area contributed by atoms with Gasteiger partial charge >= 0.3 is 0 Å². The number of carbonyl (C=O) groups excluding carboxylic acids is 1. The van der Waals surface area contributed by atoms with Crippen LogP contribution in [0.25, 0.3) is 10.9 Å². The molecular formula is C16H21N3O. The minimum Gasteiger partial charge on any atom is -0.361 e. The number of aromatic nitrogens is 1. The van der Waals surface area contributed by atoms with E-state index in [0.29, 0.717) is 12.5 Å². The fraction of sp³-hybridized carbons (Fsp3) is 0.438. The van der Waals surface area contributed by atoms with Crippen molar-refractivity contribution in [2.24, 2.45) is 0 Å². The molecule has 0 bridgehead atoms. The zero-order chi connectivity index (χ0) is 13.9. The Morgan fingerprint density at radius 3 is 3.10 bits per heavy atom. The summed E-state index contributed by atoms with van der Waals surface area (Å²) in [6.45, 7) is 4.74. The third-order valence-corrected chi connectivity index (χ3v) is 4.10. The van der Waals surface area contributed by atoms with Crippen LogP contribution in [0.3, 0.4) is 0 Å². The summed E-state index contributed by atoms with van der Waals surface area (Å²) in [5.74, 6) is 0.268. The molecule has 0 unspecified atom stereocenters. The highest BCUT2D eigenvalue weighted by Crippen LogP contribution is 2.19. The van der Waals surface area contributed by atoms with E-state index < -0.39 is 0 Å². The fourth-order valence-electron chi connectivity index (χ4n) is 2.94. The molecule has 4 heteroatoms. The van der Waals surface area contributed by atoms with Gasteiger partial charge in [0.1, 0.15) is 0 Å². The molecule has 0 aliphatic carbocycles. The minimum atomic E-state index is 0.268. The lowest BCUT2D eigenvalue weighted by Gasteiger charge is -2.34. The summed E-state index contributed by atoms with van der Waals surface area (Å²) in [5.41, 5.74) is 2.38. The predicted molar refractivity (Wildman–Crippen MR) is 80.7 cm³/mol. The van der Waals surface area contributed by atoms with Crippen LogP contribution in [0.4, 0.5) is 0 Å². The van der Waals surface area contributed by atoms with E-state index in [1.807, 2.05) is 23.2 Å². The van der Waals surface area contributed by atoms with Crippen LogP contribution < -0.4 is 5.32 Å². The predicted octanol–water partition coefficient (Wildman–Crippen LogP) is 1.92. The molecule has 2 aromatic rings. The number of amides is 1. The number of aryl methyl sites for hydroxylation is 1. The van der Waals surface area contributed by atoms with Crippen molar-refractivity contribution in [1.29, 1.82) is 0 Å². The second-order valence-electron chi connectivity index (χ2n) is 5.50. The molecule has 20 heavy (non-hydrogen) atoms. The number of hydrogen-bond acceptors (Lipinski definition) is 2. The van der Waals surface area contributed by atoms with E-state index in [1.165, 1.54) is 10.9 Å². The molecule has 2 heterocycles. The van der Waals surface area contributed by atoms with Crippen LogP contribution >= 0.6 is 0 Å². The number of rotatable bonds is 3. The standard InChI is InChI=1S/C16H21N3O/c1-12-10-17-8-9-19(12)16(20)7-6-13-11-18-15-5-3-2-4-14(13)15/h2-5,11-12,17-18H,6-10H2,1H3/t12-/m1/s1. The molecule has 1 aliphatic heterocycles. The number of benzene rings is 1. The summed E-state index contributed by atoms with van der Waals surface area (Å²) in [4.78, 5) is 17.6. The van der Waals surface area contributed by atoms with E-state index >= 15 is 0 Å². The van der Waals surface area contributed by atoms with Gasteiger partial charge in [-0.1, -0.05) is 18.2 Å². The molecule has 4 nitrogen and oxygen atoms in total. The number of carbonyl (C=O) groups is 1. The Hall–Kier alpha value is -1.81. The van der Waals surface area contributed by atoms with Gasteiger partial charge in [-0.2, -0.15) is 0 Å². The van der Waals surface area contributed by atoms with Crippen LogP contribution in [0.5, 0.6) is 0 Å². The van der Waals surface area contributed by atoms with E-state index in [9.17, 15) is 4.79 Å². The average molecular weight is 271 g/mol. The van der Waals surface area contributed by atoms with Crippen molar-refractivity contribution in [2.75, 3.05) is 19.6 Å². The summed E-state index contributed by atoms with van der Waals surface area (Å²) in [7, 11) is 0. The molecule has 1 saturated heterocycles. The molecule has 2 N–H and O–H groups in total. The normalized spacial score (nSPS) is 19.4. The van der Waals surface area contributed by atoms with Gasteiger partial charge in [-0.05, 0) is 25.0 Å². The number of nitrogens with one attached hydrogen (secondary N) is 2. The Kier molecular flexibility index (Phi) is 3.74. The van der Waals surface area contributed by atoms with Crippen molar-refractivity contribution in [3.05, 3.63) is 36.0 Å². The molecule has 1 aromatic heterocycles. The van der Waals surface area contributed by atoms with E-state index in [0.717, 1.165) is 31.6 Å². The number of para-hydroxylation sites is 1. The van der Waals surface area contributed by atoms with Gasteiger partial charge in [0.25, 0.3) is 0 Å². The van der Waals surface area contributed by atoms with E-state index in [-0.39, 0.29) is 5.91 Å². The molecule has 1 aliphatic rings. The second-order valence-corrected chi connectivity index (χ2v) is 5.50. The van der Waals surface area contributed by atoms with Crippen LogP contribution in [0.15, 0.2) is 30.5 Å². The number of fused-ring (bicyclic) bond motifs is 1. The van der Waals surface area contributed by atoms with Crippen molar-refractivity contribution in [3.8, 4) is 0 Å². The molecule has 1 aromatic carbocycles. The maximum atomic E-state index is 12.3. The molecule has 1 amide bonds. The van der Waals surface area contributed by atoms with Crippen molar-refractivity contribution in [2.45, 2.75) is 25.8 Å². The number of aromatic amines is 1. The second kappa shape index (κ2) is 5.67. The Bertz CT molecular complexity index is 605. The first-order valence-corrected chi connectivity index (χ1v) is 7.31. The number of H-pyrrole nitrogens is 1. The van der Waals surface area contributed by atoms with Gasteiger partial charge in [0.2, 0.25) is 5.91 Å². The quantitative estimate of drug-likeness (QED) is 0.896. The molecule has 1 fully saturated rings. The van der Waals surface area contributed by atoms with Gasteiger partial charge in [0, 0.05) is 49.2 Å². The lowest BCUT2D eigenvalue weighted by atomic mass is 10.1. The van der Waals surface area contributed by atoms with E-state index in [1.54, 1.807) is 0 Å². The van der Waals surface area contributed by atoms with E-state index in [4.69, 9.17) is 0 Å². The van der Waals surface area contributed by atoms with Crippen LogP contribution in [-0.2, 0) is 11.2 Å². The molecule has 0 radical (unpaired) electrons. The van der Waals surface area contributed by atoms with E-state index in [2.05, 4.69) is 29.4 Å². The first kappa shape index (κ1) is 13.2. The maximum Gasteiger partial charge on any atom is 0.223 e. The number of piperazine rings is 1. The van der Waals surface area contributed by atoms with Crippen LogP contribution in [0.2, 0.25) is 0 Å². The summed E-state index contributed by atoms with van der Waals surface area (Å²) in [5, 5.41) is 4.54. The van der Waals surface area contributed by atoms with Crippen molar-refractivity contribution in [3.63, 3.8) is 0 Å². The summed E-state index contributed by atoms with van der Waals surface area (Å²) < 4.78 is 0. The van der Waals surface area contributed by atoms with Gasteiger partial charge in [0.05, 0.1) is 0 Å². The Balaban J connectivity index is 1.65. The number of hydrogen-bond donors (Lipinski definition) is 2. The van der Waals surface area contributed by atoms with Gasteiger partial charge < -0.3 is 15.2 Å². The zero-order valence-electron chi connectivity index (χ0n) is 11.9. The first-order chi connectivity index (χ1) is 9.75. The molecule has 1 atom stereocenters. The monoisotopic (exact) mass is 271 g/mol.